The minimum atomic E-state index is 0.242. The number of benzene rings is 2. The third-order valence-electron chi connectivity index (χ3n) is 14.4. The number of nitrogens with zero attached hydrogens (tertiary/aromatic N) is 14. The molecule has 28 heteroatoms. The molecule has 492 valence electrons. The highest BCUT2D eigenvalue weighted by Crippen LogP contribution is 2.23. The van der Waals surface area contributed by atoms with Crippen LogP contribution in [0.5, 0.6) is 0 Å². The van der Waals surface area contributed by atoms with Gasteiger partial charge in [-0.3, -0.25) is 34.9 Å². The Balaban J connectivity index is -0.000000454. The lowest BCUT2D eigenvalue weighted by Crippen LogP contribution is -2.45. The molecule has 0 unspecified atom stereocenters. The highest BCUT2D eigenvalue weighted by atomic mass is 28.2. The van der Waals surface area contributed by atoms with E-state index in [0.29, 0.717) is 12.1 Å². The molecule has 0 aromatic heterocycles. The Morgan fingerprint density at radius 1 is 0.435 bits per heavy atom. The van der Waals surface area contributed by atoms with Crippen molar-refractivity contribution in [1.82, 2.24) is 34.3 Å². The van der Waals surface area contributed by atoms with Crippen molar-refractivity contribution in [2.24, 2.45) is 34.9 Å². The van der Waals surface area contributed by atoms with Gasteiger partial charge in [-0.15, -0.1) is 0 Å². The molecule has 0 spiro atoms. The van der Waals surface area contributed by atoms with Crippen LogP contribution in [0, 0.1) is 0 Å². The van der Waals surface area contributed by atoms with E-state index in [4.69, 9.17) is 4.99 Å². The summed E-state index contributed by atoms with van der Waals surface area (Å²) < 4.78 is 0. The zero-order valence-electron chi connectivity index (χ0n) is 61.2. The van der Waals surface area contributed by atoms with Crippen molar-refractivity contribution >= 4 is 184 Å². The quantitative estimate of drug-likeness (QED) is 0.0738. The largest absolute Gasteiger partial charge is 0.368 e. The Morgan fingerprint density at radius 3 is 1.15 bits per heavy atom. The van der Waals surface area contributed by atoms with Gasteiger partial charge in [-0.05, 0) is 103 Å². The first-order valence-electron chi connectivity index (χ1n) is 33.3. The molecule has 85 heavy (non-hydrogen) atoms. The number of hydrogen-bond acceptors (Lipinski definition) is 7. The molecule has 1 saturated carbocycles. The molecule has 0 radical (unpaired) electrons. The summed E-state index contributed by atoms with van der Waals surface area (Å²) in [6.07, 6.45) is 21.2. The molecule has 1 aliphatic carbocycles. The Kier molecular flexibility index (Phi) is 59.8. The Hall–Kier alpha value is -2.23. The average molecular weight is 1410 g/mol. The topological polar surface area (TPSA) is 109 Å². The monoisotopic (exact) mass is 1410 g/mol. The maximum absolute atomic E-state index is 4.71. The third-order valence-corrected chi connectivity index (χ3v) is 21.9. The van der Waals surface area contributed by atoms with Crippen molar-refractivity contribution < 1.29 is 0 Å². The van der Waals surface area contributed by atoms with E-state index in [0.717, 1.165) is 94.4 Å². The molecule has 0 atom stereocenters. The number of amidine groups is 7. The molecule has 0 bridgehead atoms. The fraction of sp³-hybridized carbons (Fsp3) is 0.667. The lowest BCUT2D eigenvalue weighted by molar-refractivity contribution is 0.267. The Morgan fingerprint density at radius 2 is 0.812 bits per heavy atom. The summed E-state index contributed by atoms with van der Waals surface area (Å²) in [7, 11) is 21.0. The van der Waals surface area contributed by atoms with E-state index < -0.39 is 0 Å². The smallest absolute Gasteiger partial charge is 0.130 e. The first-order valence-corrected chi connectivity index (χ1v) is 53.1. The zero-order chi connectivity index (χ0) is 65.9. The SMILES string of the molecule is CC(=NC[SiH3])N(C)C[SiH3].CC(=NC[SiH3])N(C[SiH3])C(C)(C)C.CC(=NC[SiH3])N(C[SiH3])C(C)C.CC(=NC[SiH3])N(C[SiH3])C1CCCC1.CC(C)N(C[SiH3])C(=NC[SiH3])c1ccccc1.CCN(C[SiH3])C(C)=NC[SiH3].CN(C[SiH3])C(=NC[SiH3])c1ccccc1. The Bertz CT molecular complexity index is 2130. The van der Waals surface area contributed by atoms with Crippen molar-refractivity contribution in [3.8, 4) is 0 Å². The van der Waals surface area contributed by atoms with Gasteiger partial charge < -0.3 is 34.3 Å². The number of hydrogen-bond donors (Lipinski definition) is 0. The zero-order valence-corrected chi connectivity index (χ0v) is 89.2. The van der Waals surface area contributed by atoms with Crippen LogP contribution in [-0.4, -0.2) is 349 Å². The van der Waals surface area contributed by atoms with E-state index >= 15 is 0 Å². The second kappa shape index (κ2) is 57.0. The Labute approximate surface area is 567 Å². The molecule has 3 rings (SSSR count). The third kappa shape index (κ3) is 41.6. The summed E-state index contributed by atoms with van der Waals surface area (Å²) in [4.78, 5) is 48.1. The second-order valence-corrected chi connectivity index (χ2v) is 30.9. The lowest BCUT2D eigenvalue weighted by Gasteiger charge is -2.36. The normalized spacial score (nSPS) is 13.7. The average Bonchev–Trinajstić information content (AvgIpc) is 4.12. The molecule has 1 fully saturated rings. The molecule has 1 aliphatic rings. The van der Waals surface area contributed by atoms with Gasteiger partial charge in [0.25, 0.3) is 0 Å². The van der Waals surface area contributed by atoms with E-state index in [9.17, 15) is 0 Å². The van der Waals surface area contributed by atoms with E-state index in [-0.39, 0.29) is 5.54 Å². The standard InChI is InChI=1S/C12H22N2Si2.C10H18N2Si2.C9H22N2Si2.C8H22N2Si2.C7H20N2Si2.C6H18N2Si2.C5H16N2Si2/c1-10(2)14(9-16)12(13-8-15)11-6-4-3-5-7-11;1-12(8-14)10(11-7-13)9-5-3-2-4-6-9;1-8(10-6-12)11(7-13)9-4-2-3-5-9;1-7(9-5-11)10(6-12)8(2,3)4;1-6(2)9(5-11)7(3)8-4-10;1-3-8(5-10)6(2)7-4-9;1-5(6-3-8)7(2)4-9/h3-7,10H,8-9H2,1-2,15-16H3;2-6H,7-8H2,1,13-14H3;9H,2-7H2,1,12-13H3;5-6H2,1-4,11-12H3;6H,4-5H2,1-3,10-11H3;3-5H2,1-2,9-10H3;3-4H2,1-2,8-9H3. The van der Waals surface area contributed by atoms with Crippen LogP contribution in [0.2, 0.25) is 0 Å². The lowest BCUT2D eigenvalue weighted by atomic mass is 10.1. The van der Waals surface area contributed by atoms with Crippen molar-refractivity contribution in [3.05, 3.63) is 71.8 Å². The van der Waals surface area contributed by atoms with Gasteiger partial charge in [-0.25, -0.2) is 0 Å². The molecular formula is C57H138N14Si14. The molecule has 0 amide bonds. The van der Waals surface area contributed by atoms with Gasteiger partial charge in [0.15, 0.2) is 0 Å². The summed E-state index contributed by atoms with van der Waals surface area (Å²) >= 11 is 0. The van der Waals surface area contributed by atoms with Crippen LogP contribution in [0.3, 0.4) is 0 Å². The van der Waals surface area contributed by atoms with Crippen LogP contribution in [0.15, 0.2) is 95.6 Å². The summed E-state index contributed by atoms with van der Waals surface area (Å²) in [6.45, 7) is 29.6. The van der Waals surface area contributed by atoms with Gasteiger partial charge >= 0.3 is 0 Å². The summed E-state index contributed by atoms with van der Waals surface area (Å²) in [5.41, 5.74) is 2.73. The van der Waals surface area contributed by atoms with Crippen LogP contribution in [-0.2, 0) is 0 Å². The van der Waals surface area contributed by atoms with Gasteiger partial charge in [0.2, 0.25) is 0 Å². The molecule has 0 heterocycles. The first-order chi connectivity index (χ1) is 40.3. The second-order valence-electron chi connectivity index (χ2n) is 22.0. The summed E-state index contributed by atoms with van der Waals surface area (Å²) in [6, 6.07) is 23.0. The minimum absolute atomic E-state index is 0.242. The van der Waals surface area contributed by atoms with Crippen molar-refractivity contribution in [2.75, 3.05) is 107 Å². The van der Waals surface area contributed by atoms with Gasteiger partial charge in [0.1, 0.15) is 11.7 Å². The van der Waals surface area contributed by atoms with E-state index in [1.54, 1.807) is 0 Å². The van der Waals surface area contributed by atoms with Gasteiger partial charge in [0.05, 0.1) is 29.2 Å². The summed E-state index contributed by atoms with van der Waals surface area (Å²) in [5, 5.41) is 0. The van der Waals surface area contributed by atoms with Crippen LogP contribution < -0.4 is 0 Å². The van der Waals surface area contributed by atoms with E-state index in [1.165, 1.54) is 226 Å². The number of rotatable bonds is 20. The predicted molar refractivity (Wildman–Crippen MR) is 446 cm³/mol. The van der Waals surface area contributed by atoms with Crippen molar-refractivity contribution in [1.29, 1.82) is 0 Å². The van der Waals surface area contributed by atoms with Crippen molar-refractivity contribution in [3.63, 3.8) is 0 Å². The van der Waals surface area contributed by atoms with Crippen LogP contribution >= 0.6 is 0 Å². The van der Waals surface area contributed by atoms with Gasteiger partial charge in [-0.1, -0.05) is 73.5 Å². The van der Waals surface area contributed by atoms with Crippen LogP contribution in [0.25, 0.3) is 0 Å². The minimum Gasteiger partial charge on any atom is -0.368 e. The molecule has 2 aromatic rings. The molecule has 0 saturated heterocycles. The van der Waals surface area contributed by atoms with E-state index in [2.05, 4.69) is 223 Å². The highest BCUT2D eigenvalue weighted by Gasteiger charge is 2.22. The molecular weight excluding hydrogens is 1270 g/mol. The van der Waals surface area contributed by atoms with E-state index in [1.807, 2.05) is 6.07 Å². The van der Waals surface area contributed by atoms with Gasteiger partial charge in [-0.2, -0.15) is 0 Å². The molecule has 14 nitrogen and oxygen atoms in total. The number of aliphatic imine (C=N–C) groups is 7. The highest BCUT2D eigenvalue weighted by molar-refractivity contribution is 6.15. The fourth-order valence-corrected chi connectivity index (χ4v) is 19.0. The summed E-state index contributed by atoms with van der Waals surface area (Å²) in [5.74, 6) is 8.50. The van der Waals surface area contributed by atoms with Crippen LogP contribution in [0.4, 0.5) is 0 Å². The van der Waals surface area contributed by atoms with Crippen molar-refractivity contribution in [2.45, 2.75) is 139 Å². The predicted octanol–water partition coefficient (Wildman–Crippen LogP) is -7.64. The first kappa shape index (κ1) is 89.2. The maximum Gasteiger partial charge on any atom is 0.130 e. The molecule has 2 aromatic carbocycles. The van der Waals surface area contributed by atoms with Crippen LogP contribution in [0.1, 0.15) is 127 Å². The molecule has 0 N–H and O–H groups in total. The molecule has 0 aliphatic heterocycles. The fourth-order valence-electron chi connectivity index (χ4n) is 9.83. The van der Waals surface area contributed by atoms with Gasteiger partial charge in [0, 0.05) is 285 Å². The maximum atomic E-state index is 4.71.